The molecule has 200 valence electrons. The van der Waals surface area contributed by atoms with Crippen LogP contribution in [0.15, 0.2) is 30.3 Å². The maximum atomic E-state index is 3.73. The SMILES string of the molecule is CCCCCCCCCCCCCCCCCCNCC[N+](CC)(CC)Cc1ccccc1.[Cl-]. The third kappa shape index (κ3) is 17.8. The number of halogens is 1. The number of benzene rings is 1. The molecule has 1 rings (SSSR count). The van der Waals surface area contributed by atoms with Crippen LogP contribution in [0.2, 0.25) is 0 Å². The Bertz CT molecular complexity index is 515. The largest absolute Gasteiger partial charge is 1.00 e. The minimum absolute atomic E-state index is 0. The minimum Gasteiger partial charge on any atom is -1.00 e. The highest BCUT2D eigenvalue weighted by Crippen LogP contribution is 2.15. The number of nitrogens with zero attached hydrogens (tertiary/aromatic N) is 1. The third-order valence-electron chi connectivity index (χ3n) is 7.67. The van der Waals surface area contributed by atoms with Crippen molar-refractivity contribution in [2.24, 2.45) is 0 Å². The summed E-state index contributed by atoms with van der Waals surface area (Å²) in [6, 6.07) is 11.0. The Morgan fingerprint density at radius 3 is 1.44 bits per heavy atom. The summed E-state index contributed by atoms with van der Waals surface area (Å²) < 4.78 is 1.19. The Balaban J connectivity index is 0.0000109. The van der Waals surface area contributed by atoms with Crippen molar-refractivity contribution in [2.45, 2.75) is 130 Å². The van der Waals surface area contributed by atoms with Gasteiger partial charge in [0.25, 0.3) is 0 Å². The molecule has 0 saturated heterocycles. The fourth-order valence-corrected chi connectivity index (χ4v) is 5.05. The van der Waals surface area contributed by atoms with Crippen molar-refractivity contribution in [2.75, 3.05) is 32.7 Å². The van der Waals surface area contributed by atoms with Crippen molar-refractivity contribution in [3.8, 4) is 0 Å². The molecule has 0 heterocycles. The molecule has 0 fully saturated rings. The number of quaternary nitrogens is 1. The smallest absolute Gasteiger partial charge is 0.104 e. The molecule has 1 N–H and O–H groups in total. The van der Waals surface area contributed by atoms with Crippen molar-refractivity contribution < 1.29 is 16.9 Å². The van der Waals surface area contributed by atoms with E-state index in [1.165, 1.54) is 139 Å². The van der Waals surface area contributed by atoms with Gasteiger partial charge in [-0.1, -0.05) is 134 Å². The van der Waals surface area contributed by atoms with Crippen LogP contribution in [0.1, 0.15) is 129 Å². The normalized spacial score (nSPS) is 11.5. The molecule has 0 aromatic heterocycles. The molecule has 0 aliphatic carbocycles. The monoisotopic (exact) mass is 494 g/mol. The maximum absolute atomic E-state index is 3.73. The van der Waals surface area contributed by atoms with Crippen LogP contribution in [0.3, 0.4) is 0 Å². The van der Waals surface area contributed by atoms with Crippen molar-refractivity contribution in [1.82, 2.24) is 5.32 Å². The summed E-state index contributed by atoms with van der Waals surface area (Å²) in [5.41, 5.74) is 1.47. The van der Waals surface area contributed by atoms with Gasteiger partial charge >= 0.3 is 0 Å². The molecule has 0 aliphatic heterocycles. The molecule has 2 nitrogen and oxygen atoms in total. The fraction of sp³-hybridized carbons (Fsp3) is 0.806. The van der Waals surface area contributed by atoms with Crippen LogP contribution in [0.5, 0.6) is 0 Å². The average molecular weight is 495 g/mol. The summed E-state index contributed by atoms with van der Waals surface area (Å²) in [5, 5.41) is 3.73. The highest BCUT2D eigenvalue weighted by molar-refractivity contribution is 5.13. The Morgan fingerprint density at radius 1 is 0.559 bits per heavy atom. The lowest BCUT2D eigenvalue weighted by Gasteiger charge is -2.37. The molecule has 0 spiro atoms. The quantitative estimate of drug-likeness (QED) is 0.139. The number of nitrogens with one attached hydrogen (secondary N) is 1. The first-order valence-electron chi connectivity index (χ1n) is 14.9. The summed E-state index contributed by atoms with van der Waals surface area (Å²) in [5.74, 6) is 0. The Kier molecular flexibility index (Phi) is 23.7. The van der Waals surface area contributed by atoms with E-state index in [9.17, 15) is 0 Å². The number of hydrogen-bond donors (Lipinski definition) is 1. The Morgan fingerprint density at radius 2 is 1.00 bits per heavy atom. The standard InChI is InChI=1S/C31H59N2.ClH/c1-4-7-8-9-10-11-12-13-14-15-16-17-18-19-20-24-27-32-28-29-33(5-2,6-3)30-31-25-22-21-23-26-31;/h21-23,25-26,32H,4-20,24,27-30H2,1-3H3;1H/q+1;/p-1. The molecule has 0 bridgehead atoms. The van der Waals surface area contributed by atoms with E-state index in [2.05, 4.69) is 56.4 Å². The van der Waals surface area contributed by atoms with E-state index in [1.54, 1.807) is 0 Å². The molecule has 34 heavy (non-hydrogen) atoms. The highest BCUT2D eigenvalue weighted by atomic mass is 35.5. The van der Waals surface area contributed by atoms with Gasteiger partial charge in [0, 0.05) is 12.1 Å². The summed E-state index contributed by atoms with van der Waals surface area (Å²) in [7, 11) is 0. The van der Waals surface area contributed by atoms with E-state index < -0.39 is 0 Å². The van der Waals surface area contributed by atoms with E-state index in [-0.39, 0.29) is 12.4 Å². The van der Waals surface area contributed by atoms with Crippen molar-refractivity contribution in [1.29, 1.82) is 0 Å². The summed E-state index contributed by atoms with van der Waals surface area (Å²) in [4.78, 5) is 0. The minimum atomic E-state index is 0. The van der Waals surface area contributed by atoms with Crippen molar-refractivity contribution in [3.63, 3.8) is 0 Å². The van der Waals surface area contributed by atoms with Crippen molar-refractivity contribution in [3.05, 3.63) is 35.9 Å². The lowest BCUT2D eigenvalue weighted by molar-refractivity contribution is -0.936. The number of rotatable bonds is 24. The van der Waals surface area contributed by atoms with E-state index in [0.29, 0.717) is 0 Å². The summed E-state index contributed by atoms with van der Waals surface area (Å²) in [6.07, 6.45) is 23.1. The van der Waals surface area contributed by atoms with Gasteiger partial charge in [0.15, 0.2) is 0 Å². The van der Waals surface area contributed by atoms with Crippen LogP contribution < -0.4 is 17.7 Å². The second-order valence-electron chi connectivity index (χ2n) is 10.4. The Labute approximate surface area is 220 Å². The molecule has 1 aromatic rings. The van der Waals surface area contributed by atoms with E-state index >= 15 is 0 Å². The average Bonchev–Trinajstić information content (AvgIpc) is 2.85. The Hall–Kier alpha value is -0.570. The molecule has 0 amide bonds. The molecule has 0 radical (unpaired) electrons. The van der Waals surface area contributed by atoms with Crippen LogP contribution in [-0.2, 0) is 6.54 Å². The second kappa shape index (κ2) is 24.1. The van der Waals surface area contributed by atoms with Crippen LogP contribution >= 0.6 is 0 Å². The van der Waals surface area contributed by atoms with E-state index in [1.807, 2.05) is 0 Å². The van der Waals surface area contributed by atoms with E-state index in [0.717, 1.165) is 13.1 Å². The predicted octanol–water partition coefficient (Wildman–Crippen LogP) is 5.90. The zero-order valence-electron chi connectivity index (χ0n) is 23.3. The van der Waals surface area contributed by atoms with Crippen molar-refractivity contribution >= 4 is 0 Å². The lowest BCUT2D eigenvalue weighted by atomic mass is 10.0. The topological polar surface area (TPSA) is 12.0 Å². The third-order valence-corrected chi connectivity index (χ3v) is 7.67. The van der Waals surface area contributed by atoms with Crippen LogP contribution in [0.4, 0.5) is 0 Å². The molecule has 0 unspecified atom stereocenters. The van der Waals surface area contributed by atoms with Gasteiger partial charge in [-0.25, -0.2) is 0 Å². The number of unbranched alkanes of at least 4 members (excludes halogenated alkanes) is 15. The summed E-state index contributed by atoms with van der Waals surface area (Å²) in [6.45, 7) is 14.2. The number of likely N-dealkylation sites (N-methyl/N-ethyl adjacent to an activating group) is 1. The molecule has 1 aromatic carbocycles. The van der Waals surface area contributed by atoms with Gasteiger partial charge in [0.05, 0.1) is 19.6 Å². The molecule has 0 saturated carbocycles. The van der Waals surface area contributed by atoms with Crippen LogP contribution in [0.25, 0.3) is 0 Å². The number of hydrogen-bond acceptors (Lipinski definition) is 1. The first-order chi connectivity index (χ1) is 16.3. The van der Waals surface area contributed by atoms with Gasteiger partial charge in [-0.05, 0) is 26.8 Å². The zero-order valence-corrected chi connectivity index (χ0v) is 24.0. The zero-order chi connectivity index (χ0) is 23.9. The van der Waals surface area contributed by atoms with Gasteiger partial charge in [0.2, 0.25) is 0 Å². The molecule has 3 heteroatoms. The van der Waals surface area contributed by atoms with Crippen LogP contribution in [-0.4, -0.2) is 37.2 Å². The van der Waals surface area contributed by atoms with Gasteiger partial charge < -0.3 is 22.2 Å². The maximum Gasteiger partial charge on any atom is 0.104 e. The molecular weight excluding hydrogens is 436 g/mol. The van der Waals surface area contributed by atoms with Gasteiger partial charge in [-0.15, -0.1) is 0 Å². The van der Waals surface area contributed by atoms with Gasteiger partial charge in [-0.3, -0.25) is 0 Å². The van der Waals surface area contributed by atoms with Gasteiger partial charge in [-0.2, -0.15) is 0 Å². The highest BCUT2D eigenvalue weighted by Gasteiger charge is 2.22. The van der Waals surface area contributed by atoms with Gasteiger partial charge in [0.1, 0.15) is 6.54 Å². The fourth-order valence-electron chi connectivity index (χ4n) is 5.05. The second-order valence-corrected chi connectivity index (χ2v) is 10.4. The van der Waals surface area contributed by atoms with E-state index in [4.69, 9.17) is 0 Å². The molecular formula is C31H59ClN2. The molecule has 0 atom stereocenters. The molecule has 0 aliphatic rings. The summed E-state index contributed by atoms with van der Waals surface area (Å²) >= 11 is 0. The first-order valence-corrected chi connectivity index (χ1v) is 14.9. The van der Waals surface area contributed by atoms with Crippen LogP contribution in [0, 0.1) is 0 Å². The predicted molar refractivity (Wildman–Crippen MR) is 149 cm³/mol. The lowest BCUT2D eigenvalue weighted by Crippen LogP contribution is -3.00. The first kappa shape index (κ1) is 33.4.